The summed E-state index contributed by atoms with van der Waals surface area (Å²) >= 11 is 0. The van der Waals surface area contributed by atoms with Crippen LogP contribution in [0.25, 0.3) is 0 Å². The van der Waals surface area contributed by atoms with Gasteiger partial charge in [0.25, 0.3) is 5.91 Å². The molecule has 1 amide bonds. The number of nitrogens with two attached hydrogens (primary N) is 1. The Labute approximate surface area is 129 Å². The van der Waals surface area contributed by atoms with Crippen LogP contribution in [0.4, 0.5) is 0 Å². The molecule has 2 rings (SSSR count). The highest BCUT2D eigenvalue weighted by atomic mass is 32.2. The van der Waals surface area contributed by atoms with Crippen molar-refractivity contribution in [1.82, 2.24) is 5.32 Å². The second-order valence-corrected chi connectivity index (χ2v) is 6.11. The van der Waals surface area contributed by atoms with E-state index in [9.17, 15) is 13.2 Å². The number of benzene rings is 2. The Balaban J connectivity index is 2.17. The zero-order chi connectivity index (χ0) is 16.2. The highest BCUT2D eigenvalue weighted by Crippen LogP contribution is 2.13. The largest absolute Gasteiger partial charge is 0.334 e. The molecule has 0 radical (unpaired) electrons. The first-order valence-electron chi connectivity index (χ1n) is 6.36. The average Bonchev–Trinajstić information content (AvgIpc) is 2.52. The topological polar surface area (TPSA) is 89.3 Å². The van der Waals surface area contributed by atoms with Gasteiger partial charge < -0.3 is 5.32 Å². The molecule has 0 spiro atoms. The first kappa shape index (κ1) is 15.8. The van der Waals surface area contributed by atoms with Crippen LogP contribution in [-0.4, -0.2) is 14.3 Å². The Kier molecular flexibility index (Phi) is 4.61. The minimum Gasteiger partial charge on any atom is -0.334 e. The van der Waals surface area contributed by atoms with E-state index in [0.717, 1.165) is 5.56 Å². The zero-order valence-electron chi connectivity index (χ0n) is 11.6. The van der Waals surface area contributed by atoms with Gasteiger partial charge in [-0.05, 0) is 29.8 Å². The number of primary sulfonamides is 1. The fraction of sp³-hybridized carbons (Fsp3) is 0.0625. The Morgan fingerprint density at radius 2 is 1.68 bits per heavy atom. The summed E-state index contributed by atoms with van der Waals surface area (Å²) < 4.78 is 22.3. The van der Waals surface area contributed by atoms with E-state index in [1.54, 1.807) is 0 Å². The molecule has 0 saturated heterocycles. The van der Waals surface area contributed by atoms with Crippen LogP contribution in [0.5, 0.6) is 0 Å². The van der Waals surface area contributed by atoms with Gasteiger partial charge in [-0.2, -0.15) is 0 Å². The third-order valence-electron chi connectivity index (χ3n) is 3.02. The summed E-state index contributed by atoms with van der Waals surface area (Å²) in [6.45, 7) is 0. The monoisotopic (exact) mass is 314 g/mol. The number of nitrogens with one attached hydrogen (secondary N) is 1. The molecule has 0 bridgehead atoms. The molecule has 0 fully saturated rings. The number of carbonyl (C=O) groups is 1. The van der Waals surface area contributed by atoms with Crippen molar-refractivity contribution in [2.45, 2.75) is 10.9 Å². The lowest BCUT2D eigenvalue weighted by molar-refractivity contribution is 0.0945. The number of terminal acetylenes is 1. The maximum atomic E-state index is 12.2. The normalized spacial score (nSPS) is 12.2. The Morgan fingerprint density at radius 3 is 2.18 bits per heavy atom. The van der Waals surface area contributed by atoms with Crippen molar-refractivity contribution in [3.05, 3.63) is 65.7 Å². The minimum atomic E-state index is -3.78. The van der Waals surface area contributed by atoms with Crippen LogP contribution in [0.2, 0.25) is 0 Å². The number of hydrogen-bond donors (Lipinski definition) is 2. The van der Waals surface area contributed by atoms with Gasteiger partial charge >= 0.3 is 0 Å². The van der Waals surface area contributed by atoms with Crippen LogP contribution in [-0.2, 0) is 10.0 Å². The van der Waals surface area contributed by atoms with Crippen molar-refractivity contribution in [1.29, 1.82) is 0 Å². The van der Waals surface area contributed by atoms with E-state index in [0.29, 0.717) is 5.56 Å². The molecule has 0 aliphatic heterocycles. The summed E-state index contributed by atoms with van der Waals surface area (Å²) in [5.41, 5.74) is 1.09. The van der Waals surface area contributed by atoms with E-state index in [4.69, 9.17) is 11.6 Å². The molecule has 6 heteroatoms. The molecule has 22 heavy (non-hydrogen) atoms. The fourth-order valence-electron chi connectivity index (χ4n) is 1.88. The van der Waals surface area contributed by atoms with Crippen molar-refractivity contribution >= 4 is 15.9 Å². The van der Waals surface area contributed by atoms with E-state index >= 15 is 0 Å². The van der Waals surface area contributed by atoms with Gasteiger partial charge in [-0.3, -0.25) is 4.79 Å². The average molecular weight is 314 g/mol. The van der Waals surface area contributed by atoms with Crippen LogP contribution in [0, 0.1) is 12.3 Å². The maximum Gasteiger partial charge on any atom is 0.252 e. The second kappa shape index (κ2) is 6.43. The van der Waals surface area contributed by atoms with Gasteiger partial charge in [0.05, 0.1) is 4.90 Å². The second-order valence-electron chi connectivity index (χ2n) is 4.55. The van der Waals surface area contributed by atoms with Gasteiger partial charge in [0.1, 0.15) is 6.04 Å². The standard InChI is InChI=1S/C16H14N2O3S/c1-2-15(12-6-4-3-5-7-12)18-16(19)13-8-10-14(11-9-13)22(17,20)21/h1,3-11,15H,(H,18,19)(H2,17,20,21)/t15-/m1/s1. The number of rotatable bonds is 4. The molecule has 0 aliphatic carbocycles. The van der Waals surface area contributed by atoms with E-state index in [1.807, 2.05) is 30.3 Å². The highest BCUT2D eigenvalue weighted by Gasteiger charge is 2.14. The molecule has 112 valence electrons. The molecule has 1 atom stereocenters. The van der Waals surface area contributed by atoms with Gasteiger partial charge in [0, 0.05) is 5.56 Å². The molecule has 2 aromatic carbocycles. The molecule has 0 saturated carbocycles. The lowest BCUT2D eigenvalue weighted by Gasteiger charge is -2.13. The molecule has 5 nitrogen and oxygen atoms in total. The third kappa shape index (κ3) is 3.73. The molecule has 0 unspecified atom stereocenters. The van der Waals surface area contributed by atoms with Crippen LogP contribution >= 0.6 is 0 Å². The quantitative estimate of drug-likeness (QED) is 0.837. The highest BCUT2D eigenvalue weighted by molar-refractivity contribution is 7.89. The van der Waals surface area contributed by atoms with E-state index in [-0.39, 0.29) is 4.90 Å². The summed E-state index contributed by atoms with van der Waals surface area (Å²) in [6.07, 6.45) is 5.45. The SMILES string of the molecule is C#C[C@@H](NC(=O)c1ccc(S(N)(=O)=O)cc1)c1ccccc1. The van der Waals surface area contributed by atoms with Gasteiger partial charge in [0.15, 0.2) is 0 Å². The lowest BCUT2D eigenvalue weighted by atomic mass is 10.1. The molecule has 2 aromatic rings. The van der Waals surface area contributed by atoms with Gasteiger partial charge in [-0.1, -0.05) is 36.3 Å². The smallest absolute Gasteiger partial charge is 0.252 e. The minimum absolute atomic E-state index is 0.0550. The maximum absolute atomic E-state index is 12.2. The molecular weight excluding hydrogens is 300 g/mol. The van der Waals surface area contributed by atoms with E-state index < -0.39 is 22.0 Å². The zero-order valence-corrected chi connectivity index (χ0v) is 12.4. The number of amides is 1. The number of hydrogen-bond acceptors (Lipinski definition) is 3. The molecule has 0 aromatic heterocycles. The van der Waals surface area contributed by atoms with Gasteiger partial charge in [0.2, 0.25) is 10.0 Å². The summed E-state index contributed by atoms with van der Waals surface area (Å²) in [4.78, 5) is 12.1. The van der Waals surface area contributed by atoms with Crippen molar-refractivity contribution < 1.29 is 13.2 Å². The van der Waals surface area contributed by atoms with Crippen molar-refractivity contribution in [3.8, 4) is 12.3 Å². The Hall–Kier alpha value is -2.62. The third-order valence-corrected chi connectivity index (χ3v) is 3.95. The number of sulfonamides is 1. The van der Waals surface area contributed by atoms with Crippen molar-refractivity contribution in [2.75, 3.05) is 0 Å². The molecule has 0 aliphatic rings. The Morgan fingerprint density at radius 1 is 1.09 bits per heavy atom. The van der Waals surface area contributed by atoms with Crippen molar-refractivity contribution in [2.24, 2.45) is 5.14 Å². The van der Waals surface area contributed by atoms with Crippen molar-refractivity contribution in [3.63, 3.8) is 0 Å². The number of carbonyl (C=O) groups excluding carboxylic acids is 1. The Bertz CT molecular complexity index is 807. The van der Waals surface area contributed by atoms with E-state index in [2.05, 4.69) is 11.2 Å². The summed E-state index contributed by atoms with van der Waals surface area (Å²) in [5, 5.41) is 7.71. The molecule has 0 heterocycles. The summed E-state index contributed by atoms with van der Waals surface area (Å²) in [6, 6.07) is 13.9. The van der Waals surface area contributed by atoms with Gasteiger partial charge in [-0.25, -0.2) is 13.6 Å². The predicted molar refractivity (Wildman–Crippen MR) is 83.3 cm³/mol. The van der Waals surface area contributed by atoms with Gasteiger partial charge in [-0.15, -0.1) is 6.42 Å². The first-order valence-corrected chi connectivity index (χ1v) is 7.91. The van der Waals surface area contributed by atoms with Crippen LogP contribution in [0.1, 0.15) is 22.0 Å². The molecule has 3 N–H and O–H groups in total. The summed E-state index contributed by atoms with van der Waals surface area (Å²) in [7, 11) is -3.78. The summed E-state index contributed by atoms with van der Waals surface area (Å²) in [5.74, 6) is 2.11. The fourth-order valence-corrected chi connectivity index (χ4v) is 2.39. The first-order chi connectivity index (χ1) is 10.4. The van der Waals surface area contributed by atoms with Crippen LogP contribution in [0.15, 0.2) is 59.5 Å². The van der Waals surface area contributed by atoms with Crippen LogP contribution in [0.3, 0.4) is 0 Å². The predicted octanol–water partition coefficient (Wildman–Crippen LogP) is 1.44. The molecular formula is C16H14N2O3S. The van der Waals surface area contributed by atoms with E-state index in [1.165, 1.54) is 24.3 Å². The lowest BCUT2D eigenvalue weighted by Crippen LogP contribution is -2.27. The van der Waals surface area contributed by atoms with Crippen LogP contribution < -0.4 is 10.5 Å².